The van der Waals surface area contributed by atoms with Crippen LogP contribution in [0.1, 0.15) is 34.7 Å². The predicted octanol–water partition coefficient (Wildman–Crippen LogP) is 1.96. The van der Waals surface area contributed by atoms with E-state index in [1.54, 1.807) is 12.1 Å². The average molecular weight is 316 g/mol. The number of carbonyl (C=O) groups excluding carboxylic acids is 1. The van der Waals surface area contributed by atoms with Gasteiger partial charge in [0, 0.05) is 32.9 Å². The molecule has 1 saturated heterocycles. The number of amides is 1. The number of furan rings is 1. The minimum atomic E-state index is -0.132. The van der Waals surface area contributed by atoms with E-state index in [1.807, 2.05) is 11.7 Å². The van der Waals surface area contributed by atoms with E-state index in [4.69, 9.17) is 4.42 Å². The Morgan fingerprint density at radius 2 is 2.39 bits per heavy atom. The van der Waals surface area contributed by atoms with Gasteiger partial charge in [0.25, 0.3) is 5.91 Å². The van der Waals surface area contributed by atoms with Crippen LogP contribution in [0, 0.1) is 12.8 Å². The maximum Gasteiger partial charge on any atom is 0.286 e. The van der Waals surface area contributed by atoms with Crippen molar-refractivity contribution in [1.82, 2.24) is 20.0 Å². The molecule has 1 atom stereocenters. The molecule has 23 heavy (non-hydrogen) atoms. The lowest BCUT2D eigenvalue weighted by molar-refractivity contribution is 0.0903. The molecule has 3 heterocycles. The predicted molar refractivity (Wildman–Crippen MR) is 87.0 cm³/mol. The van der Waals surface area contributed by atoms with Crippen LogP contribution in [0.15, 0.2) is 29.0 Å². The summed E-state index contributed by atoms with van der Waals surface area (Å²) in [6.45, 7) is 5.77. The van der Waals surface area contributed by atoms with Crippen molar-refractivity contribution in [3.63, 3.8) is 0 Å². The van der Waals surface area contributed by atoms with Gasteiger partial charge in [-0.05, 0) is 49.9 Å². The minimum absolute atomic E-state index is 0.132. The minimum Gasteiger partial charge on any atom is -0.459 e. The van der Waals surface area contributed by atoms with E-state index in [0.29, 0.717) is 18.2 Å². The van der Waals surface area contributed by atoms with Crippen molar-refractivity contribution >= 4 is 5.91 Å². The van der Waals surface area contributed by atoms with Crippen LogP contribution in [0.3, 0.4) is 0 Å². The highest BCUT2D eigenvalue weighted by molar-refractivity contribution is 5.91. The van der Waals surface area contributed by atoms with Gasteiger partial charge >= 0.3 is 0 Å². The van der Waals surface area contributed by atoms with Crippen molar-refractivity contribution in [3.8, 4) is 0 Å². The highest BCUT2D eigenvalue weighted by Crippen LogP contribution is 2.19. The quantitative estimate of drug-likeness (QED) is 0.916. The molecular weight excluding hydrogens is 292 g/mol. The van der Waals surface area contributed by atoms with Crippen LogP contribution >= 0.6 is 0 Å². The molecule has 1 unspecified atom stereocenters. The van der Waals surface area contributed by atoms with E-state index in [-0.39, 0.29) is 5.91 Å². The highest BCUT2D eigenvalue weighted by Gasteiger charge is 2.22. The SMILES string of the molecule is Cc1cn(C)nc1CN1CCCC(CNC(=O)c2ccco2)C1. The van der Waals surface area contributed by atoms with Gasteiger partial charge in [-0.25, -0.2) is 0 Å². The summed E-state index contributed by atoms with van der Waals surface area (Å²) in [5, 5.41) is 7.51. The van der Waals surface area contributed by atoms with Gasteiger partial charge in [0.15, 0.2) is 5.76 Å². The summed E-state index contributed by atoms with van der Waals surface area (Å²) in [6.07, 6.45) is 5.89. The lowest BCUT2D eigenvalue weighted by atomic mass is 9.97. The number of aromatic nitrogens is 2. The molecule has 0 bridgehead atoms. The molecule has 1 aliphatic heterocycles. The number of rotatable bonds is 5. The van der Waals surface area contributed by atoms with Crippen molar-refractivity contribution < 1.29 is 9.21 Å². The second-order valence-electron chi connectivity index (χ2n) is 6.36. The Morgan fingerprint density at radius 3 is 3.09 bits per heavy atom. The number of nitrogens with zero attached hydrogens (tertiary/aromatic N) is 3. The first-order chi connectivity index (χ1) is 11.1. The number of hydrogen-bond acceptors (Lipinski definition) is 4. The molecule has 124 valence electrons. The summed E-state index contributed by atoms with van der Waals surface area (Å²) >= 11 is 0. The summed E-state index contributed by atoms with van der Waals surface area (Å²) in [5.74, 6) is 0.723. The third kappa shape index (κ3) is 4.01. The molecule has 3 rings (SSSR count). The normalized spacial score (nSPS) is 19.0. The molecule has 6 nitrogen and oxygen atoms in total. The molecule has 0 aromatic carbocycles. The second kappa shape index (κ2) is 7.00. The van der Waals surface area contributed by atoms with Crippen LogP contribution in [0.4, 0.5) is 0 Å². The molecule has 0 spiro atoms. The number of likely N-dealkylation sites (tertiary alicyclic amines) is 1. The van der Waals surface area contributed by atoms with Crippen LogP contribution in [-0.2, 0) is 13.6 Å². The molecule has 1 amide bonds. The fourth-order valence-corrected chi connectivity index (χ4v) is 3.21. The second-order valence-corrected chi connectivity index (χ2v) is 6.36. The van der Waals surface area contributed by atoms with Crippen molar-refractivity contribution in [3.05, 3.63) is 41.6 Å². The van der Waals surface area contributed by atoms with Crippen LogP contribution < -0.4 is 5.32 Å². The zero-order valence-electron chi connectivity index (χ0n) is 13.8. The third-order valence-electron chi connectivity index (χ3n) is 4.39. The van der Waals surface area contributed by atoms with E-state index < -0.39 is 0 Å². The number of hydrogen-bond donors (Lipinski definition) is 1. The monoisotopic (exact) mass is 316 g/mol. The maximum atomic E-state index is 11.9. The summed E-state index contributed by atoms with van der Waals surface area (Å²) < 4.78 is 6.99. The number of nitrogens with one attached hydrogen (secondary N) is 1. The van der Waals surface area contributed by atoms with Crippen molar-refractivity contribution in [2.75, 3.05) is 19.6 Å². The highest BCUT2D eigenvalue weighted by atomic mass is 16.3. The fourth-order valence-electron chi connectivity index (χ4n) is 3.21. The van der Waals surface area contributed by atoms with Crippen LogP contribution in [0.25, 0.3) is 0 Å². The lowest BCUT2D eigenvalue weighted by Crippen LogP contribution is -2.40. The fraction of sp³-hybridized carbons (Fsp3) is 0.529. The van der Waals surface area contributed by atoms with E-state index in [9.17, 15) is 4.79 Å². The first-order valence-corrected chi connectivity index (χ1v) is 8.15. The lowest BCUT2D eigenvalue weighted by Gasteiger charge is -2.32. The topological polar surface area (TPSA) is 63.3 Å². The van der Waals surface area contributed by atoms with Gasteiger partial charge in [-0.1, -0.05) is 0 Å². The molecule has 6 heteroatoms. The van der Waals surface area contributed by atoms with E-state index in [0.717, 1.165) is 38.2 Å². The van der Waals surface area contributed by atoms with Gasteiger partial charge in [0.1, 0.15) is 0 Å². The molecule has 2 aromatic rings. The molecule has 0 aliphatic carbocycles. The third-order valence-corrected chi connectivity index (χ3v) is 4.39. The standard InChI is InChI=1S/C17H24N4O2/c1-13-10-20(2)19-15(13)12-21-7-3-5-14(11-21)9-18-17(22)16-6-4-8-23-16/h4,6,8,10,14H,3,5,7,9,11-12H2,1-2H3,(H,18,22). The smallest absolute Gasteiger partial charge is 0.286 e. The Morgan fingerprint density at radius 1 is 1.52 bits per heavy atom. The Kier molecular flexibility index (Phi) is 4.81. The zero-order chi connectivity index (χ0) is 16.2. The molecule has 0 saturated carbocycles. The van der Waals surface area contributed by atoms with Crippen LogP contribution in [-0.4, -0.2) is 40.2 Å². The van der Waals surface area contributed by atoms with E-state index in [1.165, 1.54) is 11.8 Å². The van der Waals surface area contributed by atoms with E-state index in [2.05, 4.69) is 28.4 Å². The summed E-state index contributed by atoms with van der Waals surface area (Å²) in [4.78, 5) is 14.4. The van der Waals surface area contributed by atoms with Crippen LogP contribution in [0.5, 0.6) is 0 Å². The molecule has 1 aliphatic rings. The van der Waals surface area contributed by atoms with Gasteiger partial charge in [-0.15, -0.1) is 0 Å². The number of piperidine rings is 1. The summed E-state index contributed by atoms with van der Waals surface area (Å²) in [6, 6.07) is 3.42. The number of aryl methyl sites for hydroxylation is 2. The van der Waals surface area contributed by atoms with Gasteiger partial charge in [0.2, 0.25) is 0 Å². The molecule has 2 aromatic heterocycles. The largest absolute Gasteiger partial charge is 0.459 e. The molecule has 0 radical (unpaired) electrons. The van der Waals surface area contributed by atoms with Crippen molar-refractivity contribution in [2.45, 2.75) is 26.3 Å². The van der Waals surface area contributed by atoms with Crippen molar-refractivity contribution in [1.29, 1.82) is 0 Å². The maximum absolute atomic E-state index is 11.9. The van der Waals surface area contributed by atoms with Gasteiger partial charge in [-0.2, -0.15) is 5.10 Å². The Balaban J connectivity index is 1.50. The van der Waals surface area contributed by atoms with Crippen molar-refractivity contribution in [2.24, 2.45) is 13.0 Å². The van der Waals surface area contributed by atoms with Gasteiger partial charge in [0.05, 0.1) is 12.0 Å². The molecule has 1 N–H and O–H groups in total. The first-order valence-electron chi connectivity index (χ1n) is 8.15. The van der Waals surface area contributed by atoms with Gasteiger partial charge in [-0.3, -0.25) is 14.4 Å². The first kappa shape index (κ1) is 15.8. The van der Waals surface area contributed by atoms with E-state index >= 15 is 0 Å². The molecule has 1 fully saturated rings. The van der Waals surface area contributed by atoms with Gasteiger partial charge < -0.3 is 9.73 Å². The Hall–Kier alpha value is -2.08. The number of carbonyl (C=O) groups is 1. The summed E-state index contributed by atoms with van der Waals surface area (Å²) in [5.41, 5.74) is 2.38. The Labute approximate surface area is 136 Å². The zero-order valence-corrected chi connectivity index (χ0v) is 13.8. The average Bonchev–Trinajstić information content (AvgIpc) is 3.16. The van der Waals surface area contributed by atoms with Crippen LogP contribution in [0.2, 0.25) is 0 Å². The summed E-state index contributed by atoms with van der Waals surface area (Å²) in [7, 11) is 1.96. The Bertz CT molecular complexity index is 648. The molecular formula is C17H24N4O2.